The van der Waals surface area contributed by atoms with Crippen LogP contribution >= 0.6 is 11.6 Å². The highest BCUT2D eigenvalue weighted by Crippen LogP contribution is 2.40. The van der Waals surface area contributed by atoms with Crippen LogP contribution in [0.25, 0.3) is 0 Å². The lowest BCUT2D eigenvalue weighted by Crippen LogP contribution is -2.43. The number of amidine groups is 1. The zero-order valence-corrected chi connectivity index (χ0v) is 11.8. The maximum Gasteiger partial charge on any atom is 0.124 e. The van der Waals surface area contributed by atoms with E-state index >= 15 is 0 Å². The summed E-state index contributed by atoms with van der Waals surface area (Å²) in [5, 5.41) is 8.42. The predicted molar refractivity (Wildman–Crippen MR) is 80.2 cm³/mol. The van der Waals surface area contributed by atoms with Crippen LogP contribution in [0, 0.1) is 11.3 Å². The number of rotatable bonds is 2. The standard InChI is InChI=1S/C15H20ClN3/c16-11-6-7-14(12(9-11)15(17)18)19-8-2-4-10-3-1-5-13(10)19/h6-7,9-10,13H,1-5,8H2,(H3,17,18). The first kappa shape index (κ1) is 12.8. The lowest BCUT2D eigenvalue weighted by Gasteiger charge is -2.40. The first-order valence-electron chi connectivity index (χ1n) is 7.07. The van der Waals surface area contributed by atoms with Crippen LogP contribution in [0.5, 0.6) is 0 Å². The van der Waals surface area contributed by atoms with Crippen molar-refractivity contribution in [2.75, 3.05) is 11.4 Å². The summed E-state index contributed by atoms with van der Waals surface area (Å²) in [6, 6.07) is 6.38. The van der Waals surface area contributed by atoms with Gasteiger partial charge in [0.25, 0.3) is 0 Å². The number of nitrogens with two attached hydrogens (primary N) is 1. The quantitative estimate of drug-likeness (QED) is 0.643. The van der Waals surface area contributed by atoms with Gasteiger partial charge in [-0.1, -0.05) is 18.0 Å². The summed E-state index contributed by atoms with van der Waals surface area (Å²) in [6.07, 6.45) is 6.54. The van der Waals surface area contributed by atoms with Crippen LogP contribution in [-0.4, -0.2) is 18.4 Å². The van der Waals surface area contributed by atoms with Gasteiger partial charge in [0, 0.05) is 28.9 Å². The second kappa shape index (κ2) is 5.04. The highest BCUT2D eigenvalue weighted by atomic mass is 35.5. The average Bonchev–Trinajstić information content (AvgIpc) is 2.86. The van der Waals surface area contributed by atoms with Gasteiger partial charge in [0.15, 0.2) is 0 Å². The van der Waals surface area contributed by atoms with E-state index in [0.717, 1.165) is 23.7 Å². The Morgan fingerprint density at radius 3 is 2.84 bits per heavy atom. The SMILES string of the molecule is N=C(N)c1cc(Cl)ccc1N1CCCC2CCCC21. The molecule has 1 aromatic rings. The number of benzene rings is 1. The van der Waals surface area contributed by atoms with Crippen molar-refractivity contribution < 1.29 is 0 Å². The number of nitrogens with zero attached hydrogens (tertiary/aromatic N) is 1. The van der Waals surface area contributed by atoms with E-state index in [1.165, 1.54) is 32.1 Å². The molecule has 1 saturated heterocycles. The summed E-state index contributed by atoms with van der Waals surface area (Å²) in [7, 11) is 0. The summed E-state index contributed by atoms with van der Waals surface area (Å²) < 4.78 is 0. The Balaban J connectivity index is 1.98. The topological polar surface area (TPSA) is 53.1 Å². The number of nitrogen functional groups attached to an aromatic ring is 1. The molecule has 3 N–H and O–H groups in total. The van der Waals surface area contributed by atoms with Crippen molar-refractivity contribution >= 4 is 23.1 Å². The second-order valence-electron chi connectivity index (χ2n) is 5.67. The molecule has 0 bridgehead atoms. The van der Waals surface area contributed by atoms with Crippen LogP contribution < -0.4 is 10.6 Å². The molecule has 1 aromatic carbocycles. The molecule has 102 valence electrons. The highest BCUT2D eigenvalue weighted by molar-refractivity contribution is 6.31. The van der Waals surface area contributed by atoms with E-state index in [1.807, 2.05) is 18.2 Å². The van der Waals surface area contributed by atoms with Crippen molar-refractivity contribution in [1.82, 2.24) is 0 Å². The Hall–Kier alpha value is -1.22. The van der Waals surface area contributed by atoms with E-state index < -0.39 is 0 Å². The maximum atomic E-state index is 7.77. The Labute approximate surface area is 119 Å². The number of fused-ring (bicyclic) bond motifs is 1. The summed E-state index contributed by atoms with van der Waals surface area (Å²) in [5.41, 5.74) is 7.59. The molecule has 1 aliphatic carbocycles. The third-order valence-electron chi connectivity index (χ3n) is 4.55. The molecule has 0 aromatic heterocycles. The van der Waals surface area contributed by atoms with Crippen LogP contribution in [0.4, 0.5) is 5.69 Å². The van der Waals surface area contributed by atoms with Crippen molar-refractivity contribution in [2.45, 2.75) is 38.1 Å². The third kappa shape index (κ3) is 2.32. The van der Waals surface area contributed by atoms with Crippen LogP contribution in [0.3, 0.4) is 0 Å². The Kier molecular flexibility index (Phi) is 3.40. The summed E-state index contributed by atoms with van der Waals surface area (Å²) >= 11 is 6.04. The van der Waals surface area contributed by atoms with Crippen LogP contribution in [0.2, 0.25) is 5.02 Å². The third-order valence-corrected chi connectivity index (χ3v) is 4.79. The van der Waals surface area contributed by atoms with Crippen molar-refractivity contribution in [1.29, 1.82) is 5.41 Å². The van der Waals surface area contributed by atoms with Crippen LogP contribution in [-0.2, 0) is 0 Å². The Bertz CT molecular complexity index is 500. The number of nitrogens with one attached hydrogen (secondary N) is 1. The van der Waals surface area contributed by atoms with Crippen molar-refractivity contribution in [3.05, 3.63) is 28.8 Å². The molecule has 1 aliphatic heterocycles. The molecule has 2 fully saturated rings. The van der Waals surface area contributed by atoms with Gasteiger partial charge >= 0.3 is 0 Å². The fraction of sp³-hybridized carbons (Fsp3) is 0.533. The minimum absolute atomic E-state index is 0.109. The Morgan fingerprint density at radius 1 is 1.26 bits per heavy atom. The number of halogens is 1. The number of anilines is 1. The van der Waals surface area contributed by atoms with E-state index in [2.05, 4.69) is 4.90 Å². The molecule has 0 amide bonds. The molecule has 19 heavy (non-hydrogen) atoms. The zero-order chi connectivity index (χ0) is 13.4. The van der Waals surface area contributed by atoms with E-state index in [4.69, 9.17) is 22.7 Å². The molecule has 3 rings (SSSR count). The molecule has 4 heteroatoms. The van der Waals surface area contributed by atoms with Gasteiger partial charge in [-0.2, -0.15) is 0 Å². The van der Waals surface area contributed by atoms with E-state index in [-0.39, 0.29) is 5.84 Å². The molecule has 0 spiro atoms. The minimum Gasteiger partial charge on any atom is -0.384 e. The predicted octanol–water partition coefficient (Wildman–Crippen LogP) is 3.39. The van der Waals surface area contributed by atoms with E-state index in [0.29, 0.717) is 11.1 Å². The first-order valence-corrected chi connectivity index (χ1v) is 7.45. The fourth-order valence-corrected chi connectivity index (χ4v) is 3.90. The van der Waals surface area contributed by atoms with Gasteiger partial charge in [-0.15, -0.1) is 0 Å². The van der Waals surface area contributed by atoms with Crippen LogP contribution in [0.15, 0.2) is 18.2 Å². The van der Waals surface area contributed by atoms with Crippen molar-refractivity contribution in [3.63, 3.8) is 0 Å². The van der Waals surface area contributed by atoms with Crippen molar-refractivity contribution in [3.8, 4) is 0 Å². The number of piperidine rings is 1. The number of hydrogen-bond donors (Lipinski definition) is 2. The van der Waals surface area contributed by atoms with E-state index in [9.17, 15) is 0 Å². The molecule has 0 radical (unpaired) electrons. The minimum atomic E-state index is 0.109. The molecule has 1 heterocycles. The summed E-state index contributed by atoms with van der Waals surface area (Å²) in [4.78, 5) is 2.47. The first-order chi connectivity index (χ1) is 9.16. The Morgan fingerprint density at radius 2 is 2.05 bits per heavy atom. The smallest absolute Gasteiger partial charge is 0.124 e. The molecular formula is C15H20ClN3. The van der Waals surface area contributed by atoms with Crippen molar-refractivity contribution in [2.24, 2.45) is 11.7 Å². The lowest BCUT2D eigenvalue weighted by molar-refractivity contribution is 0.362. The molecule has 3 nitrogen and oxygen atoms in total. The maximum absolute atomic E-state index is 7.77. The van der Waals surface area contributed by atoms with Gasteiger partial charge in [0.05, 0.1) is 0 Å². The molecule has 1 saturated carbocycles. The van der Waals surface area contributed by atoms with Gasteiger partial charge in [-0.3, -0.25) is 5.41 Å². The van der Waals surface area contributed by atoms with E-state index in [1.54, 1.807) is 0 Å². The molecular weight excluding hydrogens is 258 g/mol. The monoisotopic (exact) mass is 277 g/mol. The zero-order valence-electron chi connectivity index (χ0n) is 11.0. The second-order valence-corrected chi connectivity index (χ2v) is 6.11. The summed E-state index contributed by atoms with van der Waals surface area (Å²) in [5.74, 6) is 0.932. The fourth-order valence-electron chi connectivity index (χ4n) is 3.73. The van der Waals surface area contributed by atoms with Gasteiger partial charge in [-0.25, -0.2) is 0 Å². The highest BCUT2D eigenvalue weighted by Gasteiger charge is 2.35. The molecule has 2 atom stereocenters. The average molecular weight is 278 g/mol. The van der Waals surface area contributed by atoms with Crippen LogP contribution in [0.1, 0.15) is 37.7 Å². The van der Waals surface area contributed by atoms with Gasteiger partial charge < -0.3 is 10.6 Å². The lowest BCUT2D eigenvalue weighted by atomic mass is 9.91. The largest absolute Gasteiger partial charge is 0.384 e. The summed E-state index contributed by atoms with van der Waals surface area (Å²) in [6.45, 7) is 1.07. The van der Waals surface area contributed by atoms with Gasteiger partial charge in [-0.05, 0) is 49.8 Å². The molecule has 2 aliphatic rings. The number of hydrogen-bond acceptors (Lipinski definition) is 2. The van der Waals surface area contributed by atoms with Gasteiger partial charge in [0.2, 0.25) is 0 Å². The normalized spacial score (nSPS) is 26.3. The van der Waals surface area contributed by atoms with Gasteiger partial charge in [0.1, 0.15) is 5.84 Å². The molecule has 2 unspecified atom stereocenters.